The highest BCUT2D eigenvalue weighted by Crippen LogP contribution is 2.24. The van der Waals surface area contributed by atoms with Crippen LogP contribution in [-0.2, 0) is 14.8 Å². The van der Waals surface area contributed by atoms with Crippen LogP contribution in [0.3, 0.4) is 0 Å². The largest absolute Gasteiger partial charge is 0.467 e. The molecule has 0 aliphatic rings. The first-order valence-electron chi connectivity index (χ1n) is 9.11. The molecule has 0 saturated carbocycles. The average Bonchev–Trinajstić information content (AvgIpc) is 2.78. The van der Waals surface area contributed by atoms with Gasteiger partial charge in [-0.3, -0.25) is 0 Å². The smallest absolute Gasteiger partial charge is 0.339 e. The van der Waals surface area contributed by atoms with Gasteiger partial charge in [0, 0.05) is 4.90 Å². The van der Waals surface area contributed by atoms with Crippen molar-refractivity contribution in [1.29, 1.82) is 0 Å². The van der Waals surface area contributed by atoms with Crippen LogP contribution in [0.1, 0.15) is 16.2 Å². The molecule has 0 bridgehead atoms. The summed E-state index contributed by atoms with van der Waals surface area (Å²) in [7, 11) is -1.74. The molecule has 12 heteroatoms. The Bertz CT molecular complexity index is 1250. The second-order valence-electron chi connectivity index (χ2n) is 6.09. The second-order valence-corrected chi connectivity index (χ2v) is 8.73. The number of amidine groups is 1. The SMILES string of the molecule is COC(=O)c1ccccc1S(=O)(=O)N=C(Nc1nc(C)nc(OC)n1)Sc1ccccc1. The number of hydrogen-bond acceptors (Lipinski definition) is 9. The molecule has 0 unspecified atom stereocenters. The van der Waals surface area contributed by atoms with Crippen LogP contribution in [0.25, 0.3) is 0 Å². The summed E-state index contributed by atoms with van der Waals surface area (Å²) in [6.07, 6.45) is 0. The topological polar surface area (TPSA) is 133 Å². The number of hydrogen-bond donors (Lipinski definition) is 1. The summed E-state index contributed by atoms with van der Waals surface area (Å²) in [5, 5.41) is 2.77. The van der Waals surface area contributed by atoms with Crippen molar-refractivity contribution >= 4 is 38.9 Å². The van der Waals surface area contributed by atoms with Crippen molar-refractivity contribution in [3.05, 3.63) is 66.0 Å². The van der Waals surface area contributed by atoms with E-state index in [0.717, 1.165) is 11.8 Å². The summed E-state index contributed by atoms with van der Waals surface area (Å²) in [5.74, 6) is -0.377. The predicted octanol–water partition coefficient (Wildman–Crippen LogP) is 2.92. The van der Waals surface area contributed by atoms with Gasteiger partial charge in [0.25, 0.3) is 10.0 Å². The summed E-state index contributed by atoms with van der Waals surface area (Å²) in [5.41, 5.74) is -0.125. The van der Waals surface area contributed by atoms with Crippen molar-refractivity contribution in [2.45, 2.75) is 16.7 Å². The summed E-state index contributed by atoms with van der Waals surface area (Å²) >= 11 is 1.05. The van der Waals surface area contributed by atoms with Crippen LogP contribution in [0, 0.1) is 6.92 Å². The highest BCUT2D eigenvalue weighted by molar-refractivity contribution is 8.14. The Morgan fingerprint density at radius 2 is 1.69 bits per heavy atom. The van der Waals surface area contributed by atoms with Gasteiger partial charge in [0.1, 0.15) is 10.7 Å². The van der Waals surface area contributed by atoms with Gasteiger partial charge in [0.05, 0.1) is 19.8 Å². The van der Waals surface area contributed by atoms with Crippen LogP contribution in [0.15, 0.2) is 68.8 Å². The van der Waals surface area contributed by atoms with E-state index in [0.29, 0.717) is 10.7 Å². The van der Waals surface area contributed by atoms with Gasteiger partial charge in [-0.15, -0.1) is 4.40 Å². The van der Waals surface area contributed by atoms with Gasteiger partial charge in [-0.2, -0.15) is 23.4 Å². The highest BCUT2D eigenvalue weighted by atomic mass is 32.2. The minimum absolute atomic E-state index is 0.0384. The lowest BCUT2D eigenvalue weighted by Crippen LogP contribution is -2.16. The molecule has 0 saturated heterocycles. The number of ether oxygens (including phenoxy) is 2. The quantitative estimate of drug-likeness (QED) is 0.246. The molecule has 3 rings (SSSR count). The zero-order valence-corrected chi connectivity index (χ0v) is 19.0. The van der Waals surface area contributed by atoms with Crippen molar-refractivity contribution in [2.75, 3.05) is 19.5 Å². The monoisotopic (exact) mass is 473 g/mol. The number of anilines is 1. The number of aryl methyl sites for hydroxylation is 1. The number of carbonyl (C=O) groups is 1. The Balaban J connectivity index is 2.07. The number of methoxy groups -OCH3 is 2. The van der Waals surface area contributed by atoms with E-state index in [2.05, 4.69) is 24.7 Å². The van der Waals surface area contributed by atoms with E-state index < -0.39 is 16.0 Å². The first-order chi connectivity index (χ1) is 15.3. The van der Waals surface area contributed by atoms with Crippen LogP contribution in [0.5, 0.6) is 6.01 Å². The third-order valence-electron chi connectivity index (χ3n) is 3.86. The third kappa shape index (κ3) is 5.80. The lowest BCUT2D eigenvalue weighted by atomic mass is 10.2. The van der Waals surface area contributed by atoms with Gasteiger partial charge in [-0.05, 0) is 31.2 Å². The third-order valence-corrected chi connectivity index (χ3v) is 6.20. The first kappa shape index (κ1) is 23.2. The average molecular weight is 474 g/mol. The Morgan fingerprint density at radius 3 is 2.38 bits per heavy atom. The number of aromatic nitrogens is 3. The number of benzene rings is 2. The Labute approximate surface area is 189 Å². The normalized spacial score (nSPS) is 11.7. The molecule has 0 aliphatic heterocycles. The van der Waals surface area contributed by atoms with E-state index >= 15 is 0 Å². The number of nitrogens with zero attached hydrogens (tertiary/aromatic N) is 4. The van der Waals surface area contributed by atoms with Crippen LogP contribution >= 0.6 is 11.8 Å². The Hall–Kier alpha value is -3.51. The molecule has 0 spiro atoms. The molecule has 32 heavy (non-hydrogen) atoms. The molecule has 1 heterocycles. The number of esters is 1. The molecule has 0 fully saturated rings. The van der Waals surface area contributed by atoms with E-state index in [1.54, 1.807) is 31.2 Å². The molecule has 2 aromatic carbocycles. The maximum atomic E-state index is 13.1. The fourth-order valence-electron chi connectivity index (χ4n) is 2.50. The zero-order chi connectivity index (χ0) is 23.1. The van der Waals surface area contributed by atoms with Gasteiger partial charge in [-0.1, -0.05) is 42.1 Å². The number of rotatable bonds is 6. The molecule has 1 aromatic heterocycles. The number of carbonyl (C=O) groups excluding carboxylic acids is 1. The van der Waals surface area contributed by atoms with E-state index in [1.807, 2.05) is 6.07 Å². The molecule has 0 radical (unpaired) electrons. The van der Waals surface area contributed by atoms with Gasteiger partial charge < -0.3 is 14.8 Å². The minimum atomic E-state index is -4.31. The van der Waals surface area contributed by atoms with Gasteiger partial charge >= 0.3 is 12.0 Å². The predicted molar refractivity (Wildman–Crippen MR) is 119 cm³/mol. The molecular weight excluding hydrogens is 454 g/mol. The molecule has 0 atom stereocenters. The van der Waals surface area contributed by atoms with Crippen LogP contribution in [0.4, 0.5) is 5.95 Å². The summed E-state index contributed by atoms with van der Waals surface area (Å²) in [4.78, 5) is 24.7. The van der Waals surface area contributed by atoms with Crippen LogP contribution in [0.2, 0.25) is 0 Å². The van der Waals surface area contributed by atoms with E-state index in [-0.39, 0.29) is 27.6 Å². The lowest BCUT2D eigenvalue weighted by molar-refractivity contribution is 0.0596. The summed E-state index contributed by atoms with van der Waals surface area (Å²) in [6, 6.07) is 14.7. The minimum Gasteiger partial charge on any atom is -0.467 e. The molecule has 10 nitrogen and oxygen atoms in total. The molecular formula is C20H19N5O5S2. The molecule has 3 aromatic rings. The van der Waals surface area contributed by atoms with Crippen molar-refractivity contribution in [3.8, 4) is 6.01 Å². The number of nitrogens with one attached hydrogen (secondary N) is 1. The standard InChI is InChI=1S/C20H19N5O5S2/c1-13-21-18(23-19(22-13)30-3)24-20(31-14-9-5-4-6-10-14)25-32(27,28)16-12-8-7-11-15(16)17(26)29-2/h4-12H,1-3H3,(H,21,22,23,24,25). The highest BCUT2D eigenvalue weighted by Gasteiger charge is 2.23. The van der Waals surface area contributed by atoms with Crippen LogP contribution in [-0.4, -0.2) is 48.7 Å². The van der Waals surface area contributed by atoms with Crippen molar-refractivity contribution in [3.63, 3.8) is 0 Å². The fourth-order valence-corrected chi connectivity index (χ4v) is 4.64. The lowest BCUT2D eigenvalue weighted by Gasteiger charge is -2.11. The van der Waals surface area contributed by atoms with Crippen molar-refractivity contribution < 1.29 is 22.7 Å². The molecule has 0 aliphatic carbocycles. The molecule has 1 N–H and O–H groups in total. The summed E-state index contributed by atoms with van der Waals surface area (Å²) < 4.78 is 39.9. The zero-order valence-electron chi connectivity index (χ0n) is 17.3. The Morgan fingerprint density at radius 1 is 1.00 bits per heavy atom. The first-order valence-corrected chi connectivity index (χ1v) is 11.4. The number of sulfonamides is 1. The number of thioether (sulfide) groups is 1. The van der Waals surface area contributed by atoms with Gasteiger partial charge in [0.15, 0.2) is 5.17 Å². The maximum Gasteiger partial charge on any atom is 0.339 e. The molecule has 166 valence electrons. The van der Waals surface area contributed by atoms with E-state index in [9.17, 15) is 13.2 Å². The Kier molecular flexibility index (Phi) is 7.38. The van der Waals surface area contributed by atoms with Gasteiger partial charge in [0.2, 0.25) is 5.95 Å². The maximum absolute atomic E-state index is 13.1. The fraction of sp³-hybridized carbons (Fsp3) is 0.150. The van der Waals surface area contributed by atoms with Crippen LogP contribution < -0.4 is 10.1 Å². The summed E-state index contributed by atoms with van der Waals surface area (Å²) in [6.45, 7) is 1.64. The molecule has 0 amide bonds. The van der Waals surface area contributed by atoms with Crippen molar-refractivity contribution in [2.24, 2.45) is 4.40 Å². The van der Waals surface area contributed by atoms with E-state index in [1.165, 1.54) is 38.5 Å². The van der Waals surface area contributed by atoms with Gasteiger partial charge in [-0.25, -0.2) is 4.79 Å². The van der Waals surface area contributed by atoms with E-state index in [4.69, 9.17) is 9.47 Å². The van der Waals surface area contributed by atoms with Crippen molar-refractivity contribution in [1.82, 2.24) is 15.0 Å². The second kappa shape index (κ2) is 10.2.